The first-order valence-corrected chi connectivity index (χ1v) is 8.51. The number of amides is 2. The number of hydrogen-bond donors (Lipinski definition) is 4. The zero-order valence-corrected chi connectivity index (χ0v) is 14.6. The van der Waals surface area contributed by atoms with E-state index >= 15 is 0 Å². The minimum absolute atomic E-state index is 0.202. The molecule has 0 bridgehead atoms. The molecule has 1 aromatic heterocycles. The van der Waals surface area contributed by atoms with Gasteiger partial charge in [0.1, 0.15) is 5.76 Å². The van der Waals surface area contributed by atoms with Gasteiger partial charge in [0.05, 0.1) is 11.8 Å². The van der Waals surface area contributed by atoms with Crippen LogP contribution in [-0.4, -0.2) is 22.0 Å². The number of aromatic hydroxyl groups is 2. The van der Waals surface area contributed by atoms with Crippen LogP contribution >= 0.6 is 0 Å². The summed E-state index contributed by atoms with van der Waals surface area (Å²) in [5, 5.41) is 24.3. The highest BCUT2D eigenvalue weighted by Gasteiger charge is 2.27. The van der Waals surface area contributed by atoms with Gasteiger partial charge in [0.25, 0.3) is 11.8 Å². The highest BCUT2D eigenvalue weighted by atomic mass is 16.3. The van der Waals surface area contributed by atoms with E-state index in [0.717, 1.165) is 5.56 Å². The van der Waals surface area contributed by atoms with Crippen molar-refractivity contribution in [2.45, 2.75) is 6.54 Å². The van der Waals surface area contributed by atoms with Crippen LogP contribution in [0.2, 0.25) is 0 Å². The van der Waals surface area contributed by atoms with Gasteiger partial charge in [-0.15, -0.1) is 0 Å². The fourth-order valence-corrected chi connectivity index (χ4v) is 3.01. The zero-order valence-electron chi connectivity index (χ0n) is 14.6. The molecule has 0 atom stereocenters. The maximum absolute atomic E-state index is 12.4. The van der Waals surface area contributed by atoms with Gasteiger partial charge < -0.3 is 19.9 Å². The third kappa shape index (κ3) is 3.21. The zero-order chi connectivity index (χ0) is 19.7. The summed E-state index contributed by atoms with van der Waals surface area (Å²) < 4.78 is 5.39. The summed E-state index contributed by atoms with van der Waals surface area (Å²) in [4.78, 5) is 24.5. The van der Waals surface area contributed by atoms with Gasteiger partial charge in [-0.3, -0.25) is 14.9 Å². The number of carbonyl (C=O) groups is 2. The number of fused-ring (bicyclic) bond motifs is 1. The molecule has 0 spiro atoms. The van der Waals surface area contributed by atoms with Crippen molar-refractivity contribution in [3.8, 4) is 22.8 Å². The molecule has 2 heterocycles. The van der Waals surface area contributed by atoms with E-state index in [1.54, 1.807) is 42.7 Å². The van der Waals surface area contributed by atoms with Crippen LogP contribution in [0.3, 0.4) is 0 Å². The van der Waals surface area contributed by atoms with Crippen LogP contribution < -0.4 is 10.6 Å². The third-order valence-corrected chi connectivity index (χ3v) is 4.42. The quantitative estimate of drug-likeness (QED) is 0.316. The van der Waals surface area contributed by atoms with Gasteiger partial charge in [-0.2, -0.15) is 0 Å². The van der Waals surface area contributed by atoms with Crippen LogP contribution in [-0.2, 0) is 11.3 Å². The first-order chi connectivity index (χ1) is 13.5. The lowest BCUT2D eigenvalue weighted by Crippen LogP contribution is -2.37. The van der Waals surface area contributed by atoms with Gasteiger partial charge >= 0.3 is 0 Å². The minimum atomic E-state index is -0.504. The Morgan fingerprint density at radius 1 is 0.964 bits per heavy atom. The standard InChI is InChI=1S/C21H16N2O5/c24-17-6-3-12(8-18(17)25)10-22-11-16-15-9-13(19-2-1-7-28-19)4-5-14(15)20(26)23-21(16)27/h1-9,11,22,24-25H,10H2,(H,23,26,27). The number of carbonyl (C=O) groups excluding carboxylic acids is 2. The van der Waals surface area contributed by atoms with Crippen LogP contribution in [0.25, 0.3) is 16.9 Å². The van der Waals surface area contributed by atoms with E-state index in [-0.39, 0.29) is 11.5 Å². The summed E-state index contributed by atoms with van der Waals surface area (Å²) in [6.07, 6.45) is 3.08. The van der Waals surface area contributed by atoms with E-state index in [2.05, 4.69) is 10.6 Å². The second kappa shape index (κ2) is 6.96. The Morgan fingerprint density at radius 3 is 2.57 bits per heavy atom. The molecular formula is C21H16N2O5. The number of nitrogens with one attached hydrogen (secondary N) is 2. The number of rotatable bonds is 4. The smallest absolute Gasteiger partial charge is 0.260 e. The van der Waals surface area contributed by atoms with Crippen LogP contribution in [0.15, 0.2) is 65.4 Å². The number of phenolic OH excluding ortho intramolecular Hbond substituents is 2. The summed E-state index contributed by atoms with van der Waals surface area (Å²) in [7, 11) is 0. The molecule has 2 amide bonds. The molecule has 140 valence electrons. The summed E-state index contributed by atoms with van der Waals surface area (Å²) in [6, 6.07) is 13.2. The van der Waals surface area contributed by atoms with Crippen molar-refractivity contribution in [2.24, 2.45) is 0 Å². The van der Waals surface area contributed by atoms with E-state index in [1.165, 1.54) is 18.3 Å². The largest absolute Gasteiger partial charge is 0.504 e. The van der Waals surface area contributed by atoms with E-state index in [9.17, 15) is 19.8 Å². The van der Waals surface area contributed by atoms with Crippen LogP contribution in [0.1, 0.15) is 21.5 Å². The Kier molecular flexibility index (Phi) is 4.33. The average molecular weight is 376 g/mol. The number of hydrogen-bond acceptors (Lipinski definition) is 6. The van der Waals surface area contributed by atoms with Crippen LogP contribution in [0.4, 0.5) is 0 Å². The second-order valence-corrected chi connectivity index (χ2v) is 6.28. The highest BCUT2D eigenvalue weighted by Crippen LogP contribution is 2.30. The molecule has 7 nitrogen and oxygen atoms in total. The molecule has 1 aliphatic heterocycles. The van der Waals surface area contributed by atoms with Crippen LogP contribution in [0.5, 0.6) is 11.5 Å². The van der Waals surface area contributed by atoms with E-state index in [1.807, 2.05) is 0 Å². The molecule has 3 aromatic rings. The average Bonchev–Trinajstić information content (AvgIpc) is 3.21. The molecule has 0 saturated heterocycles. The second-order valence-electron chi connectivity index (χ2n) is 6.28. The Bertz CT molecular complexity index is 1100. The van der Waals surface area contributed by atoms with E-state index < -0.39 is 11.8 Å². The van der Waals surface area contributed by atoms with Gasteiger partial charge in [0.2, 0.25) is 0 Å². The number of furan rings is 1. The van der Waals surface area contributed by atoms with Crippen molar-refractivity contribution in [1.82, 2.24) is 10.6 Å². The lowest BCUT2D eigenvalue weighted by Gasteiger charge is -2.19. The number of benzene rings is 2. The molecule has 0 saturated carbocycles. The first-order valence-electron chi connectivity index (χ1n) is 8.51. The molecule has 1 aliphatic rings. The molecular weight excluding hydrogens is 360 g/mol. The van der Waals surface area contributed by atoms with Gasteiger partial charge in [-0.05, 0) is 42.0 Å². The minimum Gasteiger partial charge on any atom is -0.504 e. The van der Waals surface area contributed by atoms with Crippen molar-refractivity contribution in [3.05, 3.63) is 77.7 Å². The highest BCUT2D eigenvalue weighted by molar-refractivity contribution is 6.31. The van der Waals surface area contributed by atoms with E-state index in [4.69, 9.17) is 4.42 Å². The lowest BCUT2D eigenvalue weighted by molar-refractivity contribution is -0.114. The fraction of sp³-hybridized carbons (Fsp3) is 0.0476. The summed E-state index contributed by atoms with van der Waals surface area (Å²) >= 11 is 0. The van der Waals surface area contributed by atoms with E-state index in [0.29, 0.717) is 34.6 Å². The van der Waals surface area contributed by atoms with Gasteiger partial charge in [-0.25, -0.2) is 0 Å². The topological polar surface area (TPSA) is 112 Å². The van der Waals surface area contributed by atoms with Gasteiger partial charge in [0, 0.05) is 29.4 Å². The molecule has 2 aromatic carbocycles. The third-order valence-electron chi connectivity index (χ3n) is 4.42. The van der Waals surface area contributed by atoms with Gasteiger partial charge in [-0.1, -0.05) is 12.1 Å². The Labute approximate surface area is 159 Å². The van der Waals surface area contributed by atoms with Crippen molar-refractivity contribution < 1.29 is 24.2 Å². The van der Waals surface area contributed by atoms with Crippen molar-refractivity contribution in [3.63, 3.8) is 0 Å². The maximum atomic E-state index is 12.4. The Hall–Kier alpha value is -4.00. The molecule has 0 unspecified atom stereocenters. The molecule has 4 rings (SSSR count). The molecule has 4 N–H and O–H groups in total. The van der Waals surface area contributed by atoms with Crippen LogP contribution in [0, 0.1) is 0 Å². The molecule has 0 aliphatic carbocycles. The van der Waals surface area contributed by atoms with Crippen molar-refractivity contribution >= 4 is 17.4 Å². The monoisotopic (exact) mass is 376 g/mol. The van der Waals surface area contributed by atoms with Crippen molar-refractivity contribution in [2.75, 3.05) is 0 Å². The lowest BCUT2D eigenvalue weighted by atomic mass is 9.93. The summed E-state index contributed by atoms with van der Waals surface area (Å²) in [5.74, 6) is -0.747. The Balaban J connectivity index is 1.65. The normalized spacial score (nSPS) is 14.6. The predicted octanol–water partition coefficient (Wildman–Crippen LogP) is 2.76. The molecule has 0 radical (unpaired) electrons. The van der Waals surface area contributed by atoms with Gasteiger partial charge in [0.15, 0.2) is 11.5 Å². The Morgan fingerprint density at radius 2 is 1.82 bits per heavy atom. The molecule has 28 heavy (non-hydrogen) atoms. The van der Waals surface area contributed by atoms with Crippen molar-refractivity contribution in [1.29, 1.82) is 0 Å². The SMILES string of the molecule is O=C1NC(=O)c2ccc(-c3ccco3)cc2C1=CNCc1ccc(O)c(O)c1. The molecule has 7 heteroatoms. The molecule has 0 fully saturated rings. The predicted molar refractivity (Wildman–Crippen MR) is 101 cm³/mol. The first kappa shape index (κ1) is 17.4. The fourth-order valence-electron chi connectivity index (χ4n) is 3.01. The maximum Gasteiger partial charge on any atom is 0.260 e. The number of imide groups is 1. The summed E-state index contributed by atoms with van der Waals surface area (Å²) in [6.45, 7) is 0.311. The number of phenols is 2. The summed E-state index contributed by atoms with van der Waals surface area (Å²) in [5.41, 5.74) is 2.67.